The van der Waals surface area contributed by atoms with Crippen LogP contribution in [0.25, 0.3) is 0 Å². The second-order valence-corrected chi connectivity index (χ2v) is 1.34. The van der Waals surface area contributed by atoms with E-state index < -0.39 is 0 Å². The Bertz CT molecular complexity index is 26.9. The van der Waals surface area contributed by atoms with E-state index in [9.17, 15) is 0 Å². The summed E-state index contributed by atoms with van der Waals surface area (Å²) in [5.74, 6) is 0. The maximum absolute atomic E-state index is 8.17. The lowest BCUT2D eigenvalue weighted by Crippen LogP contribution is -1.98. The summed E-state index contributed by atoms with van der Waals surface area (Å²) in [5.41, 5.74) is 0. The molecule has 0 rings (SSSR count). The topological polar surface area (TPSA) is 61.0 Å². The number of rotatable bonds is 4. The highest BCUT2D eigenvalue weighted by atomic mass is 16.5. The van der Waals surface area contributed by atoms with Crippen LogP contribution in [-0.4, -0.2) is 30.4 Å². The van der Waals surface area contributed by atoms with Crippen molar-refractivity contribution in [3.8, 4) is 0 Å². The standard InChI is InChI=1S/C5H12O2.H2O/c1-2-4-7-5-3-6;/h6H,2-5H2,1H3;1H2. The number of aliphatic hydroxyl groups excluding tert-OH is 1. The average molecular weight is 122 g/mol. The molecule has 3 nitrogen and oxygen atoms in total. The Morgan fingerprint density at radius 2 is 2.00 bits per heavy atom. The van der Waals surface area contributed by atoms with Crippen LogP contribution in [0.1, 0.15) is 13.3 Å². The first-order chi connectivity index (χ1) is 3.41. The van der Waals surface area contributed by atoms with Crippen LogP contribution in [0.2, 0.25) is 0 Å². The minimum Gasteiger partial charge on any atom is -0.412 e. The van der Waals surface area contributed by atoms with Crippen molar-refractivity contribution in [1.82, 2.24) is 0 Å². The van der Waals surface area contributed by atoms with Crippen molar-refractivity contribution in [3.63, 3.8) is 0 Å². The Balaban J connectivity index is 0. The van der Waals surface area contributed by atoms with E-state index in [1.165, 1.54) is 0 Å². The second kappa shape index (κ2) is 9.99. The molecule has 0 spiro atoms. The maximum Gasteiger partial charge on any atom is 0.0697 e. The zero-order valence-corrected chi connectivity index (χ0v) is 5.18. The molecule has 0 aliphatic rings. The highest BCUT2D eigenvalue weighted by Crippen LogP contribution is 1.76. The lowest BCUT2D eigenvalue weighted by molar-refractivity contribution is 0.0928. The van der Waals surface area contributed by atoms with Crippen LogP contribution in [0, 0.1) is 0 Å². The van der Waals surface area contributed by atoms with Gasteiger partial charge in [0.05, 0.1) is 13.2 Å². The first-order valence-corrected chi connectivity index (χ1v) is 2.60. The molecule has 3 N–H and O–H groups in total. The van der Waals surface area contributed by atoms with Crippen molar-refractivity contribution >= 4 is 0 Å². The molecule has 0 bridgehead atoms. The number of ether oxygens (including phenoxy) is 1. The van der Waals surface area contributed by atoms with Gasteiger partial charge in [0.15, 0.2) is 0 Å². The summed E-state index contributed by atoms with van der Waals surface area (Å²) in [4.78, 5) is 0. The highest BCUT2D eigenvalue weighted by Gasteiger charge is 1.78. The van der Waals surface area contributed by atoms with Gasteiger partial charge in [-0.2, -0.15) is 0 Å². The van der Waals surface area contributed by atoms with Gasteiger partial charge in [-0.3, -0.25) is 0 Å². The van der Waals surface area contributed by atoms with Crippen molar-refractivity contribution in [2.45, 2.75) is 13.3 Å². The van der Waals surface area contributed by atoms with E-state index >= 15 is 0 Å². The molecule has 0 aromatic rings. The fourth-order valence-electron chi connectivity index (χ4n) is 0.311. The molecular formula is C5H14O3. The molecule has 0 saturated carbocycles. The minimum atomic E-state index is 0. The third kappa shape index (κ3) is 9.30. The summed E-state index contributed by atoms with van der Waals surface area (Å²) >= 11 is 0. The van der Waals surface area contributed by atoms with Gasteiger partial charge in [-0.25, -0.2) is 0 Å². The van der Waals surface area contributed by atoms with E-state index in [-0.39, 0.29) is 12.1 Å². The summed E-state index contributed by atoms with van der Waals surface area (Å²) in [6.45, 7) is 3.42. The first kappa shape index (κ1) is 10.8. The normalized spacial score (nSPS) is 8.25. The van der Waals surface area contributed by atoms with Crippen LogP contribution in [-0.2, 0) is 4.74 Å². The molecule has 0 fully saturated rings. The molecule has 0 heterocycles. The summed E-state index contributed by atoms with van der Waals surface area (Å²) in [5, 5.41) is 8.17. The molecule has 0 atom stereocenters. The molecule has 3 heteroatoms. The SMILES string of the molecule is CCCOCCO.O. The van der Waals surface area contributed by atoms with Gasteiger partial charge < -0.3 is 15.3 Å². The third-order valence-corrected chi connectivity index (χ3v) is 0.584. The van der Waals surface area contributed by atoms with Crippen LogP contribution < -0.4 is 0 Å². The average Bonchev–Trinajstić information content (AvgIpc) is 1.69. The molecule has 0 amide bonds. The van der Waals surface area contributed by atoms with Crippen molar-refractivity contribution in [1.29, 1.82) is 0 Å². The summed E-state index contributed by atoms with van der Waals surface area (Å²) in [6, 6.07) is 0. The Labute approximate surface area is 49.6 Å². The van der Waals surface area contributed by atoms with Gasteiger partial charge in [0.25, 0.3) is 0 Å². The van der Waals surface area contributed by atoms with Gasteiger partial charge in [0, 0.05) is 6.61 Å². The monoisotopic (exact) mass is 122 g/mol. The lowest BCUT2D eigenvalue weighted by atomic mass is 10.5. The minimum absolute atomic E-state index is 0. The molecule has 0 radical (unpaired) electrons. The number of hydrogen-bond acceptors (Lipinski definition) is 2. The van der Waals surface area contributed by atoms with Crippen LogP contribution in [0.15, 0.2) is 0 Å². The van der Waals surface area contributed by atoms with Crippen LogP contribution >= 0.6 is 0 Å². The van der Waals surface area contributed by atoms with Crippen LogP contribution in [0.5, 0.6) is 0 Å². The predicted octanol–water partition coefficient (Wildman–Crippen LogP) is -0.419. The number of hydrogen-bond donors (Lipinski definition) is 1. The van der Waals surface area contributed by atoms with E-state index in [0.717, 1.165) is 13.0 Å². The molecule has 0 aromatic carbocycles. The quantitative estimate of drug-likeness (QED) is 0.515. The van der Waals surface area contributed by atoms with Gasteiger partial charge in [-0.1, -0.05) is 6.92 Å². The Kier molecular flexibility index (Phi) is 13.5. The molecule has 8 heavy (non-hydrogen) atoms. The van der Waals surface area contributed by atoms with Crippen molar-refractivity contribution in [2.75, 3.05) is 19.8 Å². The zero-order valence-electron chi connectivity index (χ0n) is 5.18. The van der Waals surface area contributed by atoms with Crippen molar-refractivity contribution < 1.29 is 15.3 Å². The Morgan fingerprint density at radius 3 is 2.38 bits per heavy atom. The smallest absolute Gasteiger partial charge is 0.0697 e. The fraction of sp³-hybridized carbons (Fsp3) is 1.00. The predicted molar refractivity (Wildman–Crippen MR) is 31.8 cm³/mol. The Morgan fingerprint density at radius 1 is 1.38 bits per heavy atom. The molecule has 0 aliphatic carbocycles. The van der Waals surface area contributed by atoms with E-state index in [2.05, 4.69) is 0 Å². The second-order valence-electron chi connectivity index (χ2n) is 1.34. The first-order valence-electron chi connectivity index (χ1n) is 2.60. The van der Waals surface area contributed by atoms with E-state index in [0.29, 0.717) is 6.61 Å². The van der Waals surface area contributed by atoms with Crippen molar-refractivity contribution in [2.24, 2.45) is 0 Å². The summed E-state index contributed by atoms with van der Waals surface area (Å²) in [7, 11) is 0. The lowest BCUT2D eigenvalue weighted by Gasteiger charge is -1.94. The van der Waals surface area contributed by atoms with E-state index in [1.807, 2.05) is 6.92 Å². The highest BCUT2D eigenvalue weighted by molar-refractivity contribution is 4.24. The molecule has 0 unspecified atom stereocenters. The number of aliphatic hydroxyl groups is 1. The van der Waals surface area contributed by atoms with Gasteiger partial charge in [0.2, 0.25) is 0 Å². The largest absolute Gasteiger partial charge is 0.412 e. The van der Waals surface area contributed by atoms with Crippen molar-refractivity contribution in [3.05, 3.63) is 0 Å². The van der Waals surface area contributed by atoms with E-state index in [4.69, 9.17) is 9.84 Å². The molecule has 0 aliphatic heterocycles. The van der Waals surface area contributed by atoms with Crippen LogP contribution in [0.4, 0.5) is 0 Å². The maximum atomic E-state index is 8.17. The summed E-state index contributed by atoms with van der Waals surface area (Å²) < 4.78 is 4.88. The van der Waals surface area contributed by atoms with Gasteiger partial charge in [0.1, 0.15) is 0 Å². The van der Waals surface area contributed by atoms with Gasteiger partial charge in [-0.15, -0.1) is 0 Å². The van der Waals surface area contributed by atoms with Gasteiger partial charge >= 0.3 is 0 Å². The summed E-state index contributed by atoms with van der Waals surface area (Å²) in [6.07, 6.45) is 1.03. The molecular weight excluding hydrogens is 108 g/mol. The zero-order chi connectivity index (χ0) is 5.54. The molecule has 52 valence electrons. The molecule has 0 saturated heterocycles. The Hall–Kier alpha value is -0.120. The molecule has 0 aromatic heterocycles. The third-order valence-electron chi connectivity index (χ3n) is 0.584. The van der Waals surface area contributed by atoms with Gasteiger partial charge in [-0.05, 0) is 6.42 Å². The fourth-order valence-corrected chi connectivity index (χ4v) is 0.311. The van der Waals surface area contributed by atoms with E-state index in [1.54, 1.807) is 0 Å². The van der Waals surface area contributed by atoms with Crippen LogP contribution in [0.3, 0.4) is 0 Å².